The van der Waals surface area contributed by atoms with Crippen LogP contribution in [0.1, 0.15) is 69.8 Å². The van der Waals surface area contributed by atoms with Crippen LogP contribution in [0.15, 0.2) is 77.5 Å². The minimum atomic E-state index is 0.186. The molecular weight excluding hydrogens is 354 g/mol. The third-order valence-corrected chi connectivity index (χ3v) is 6.10. The predicted octanol–water partition coefficient (Wildman–Crippen LogP) is 7.29. The van der Waals surface area contributed by atoms with Gasteiger partial charge in [0.1, 0.15) is 0 Å². The van der Waals surface area contributed by atoms with Gasteiger partial charge in [0.2, 0.25) is 0 Å². The Morgan fingerprint density at radius 2 is 1.14 bits per heavy atom. The van der Waals surface area contributed by atoms with Crippen molar-refractivity contribution in [2.75, 3.05) is 4.90 Å². The van der Waals surface area contributed by atoms with Crippen molar-refractivity contribution in [3.05, 3.63) is 83.1 Å². The van der Waals surface area contributed by atoms with Gasteiger partial charge in [0, 0.05) is 11.3 Å². The maximum Gasteiger partial charge on any atom is 0.259 e. The highest BCUT2D eigenvalue weighted by Crippen LogP contribution is 2.40. The zero-order valence-corrected chi connectivity index (χ0v) is 17.3. The largest absolute Gasteiger partial charge is 0.277 e. The van der Waals surface area contributed by atoms with Crippen molar-refractivity contribution >= 4 is 17.7 Å². The summed E-state index contributed by atoms with van der Waals surface area (Å²) in [5.74, 6) is 0.186. The summed E-state index contributed by atoms with van der Waals surface area (Å²) < 4.78 is 0. The monoisotopic (exact) mass is 385 g/mol. The fraction of sp³-hybridized carbons (Fsp3) is 0.370. The number of carbonyl (C=O) groups excluding carboxylic acids is 1. The third kappa shape index (κ3) is 4.70. The number of benzene rings is 2. The molecule has 2 aromatic rings. The molecule has 0 spiro atoms. The van der Waals surface area contributed by atoms with Crippen molar-refractivity contribution in [2.45, 2.75) is 64.2 Å². The molecule has 4 rings (SSSR count). The Bertz CT molecular complexity index is 879. The molecule has 29 heavy (non-hydrogen) atoms. The average molecular weight is 386 g/mol. The van der Waals surface area contributed by atoms with Crippen molar-refractivity contribution in [1.82, 2.24) is 0 Å². The van der Waals surface area contributed by atoms with Crippen LogP contribution in [-0.4, -0.2) is 5.91 Å². The molecule has 0 unspecified atom stereocenters. The van der Waals surface area contributed by atoms with Gasteiger partial charge in [0.25, 0.3) is 5.91 Å². The molecule has 2 aliphatic rings. The van der Waals surface area contributed by atoms with Gasteiger partial charge in [-0.1, -0.05) is 87.1 Å². The number of carbonyl (C=O) groups is 1. The van der Waals surface area contributed by atoms with Crippen molar-refractivity contribution in [3.63, 3.8) is 0 Å². The van der Waals surface area contributed by atoms with E-state index in [0.717, 1.165) is 41.8 Å². The number of hydrogen-bond acceptors (Lipinski definition) is 1. The van der Waals surface area contributed by atoms with Gasteiger partial charge < -0.3 is 0 Å². The van der Waals surface area contributed by atoms with Crippen LogP contribution < -0.4 is 4.90 Å². The van der Waals surface area contributed by atoms with E-state index in [1.165, 1.54) is 50.5 Å². The Hall–Kier alpha value is -2.61. The lowest BCUT2D eigenvalue weighted by Gasteiger charge is -2.20. The summed E-state index contributed by atoms with van der Waals surface area (Å²) >= 11 is 0. The fourth-order valence-corrected chi connectivity index (χ4v) is 4.56. The molecule has 2 heteroatoms. The van der Waals surface area contributed by atoms with E-state index in [1.807, 2.05) is 41.3 Å². The second-order valence-electron chi connectivity index (χ2n) is 8.20. The van der Waals surface area contributed by atoms with Gasteiger partial charge in [-0.3, -0.25) is 9.69 Å². The predicted molar refractivity (Wildman–Crippen MR) is 122 cm³/mol. The summed E-state index contributed by atoms with van der Waals surface area (Å²) in [6.07, 6.45) is 14.2. The molecule has 0 fully saturated rings. The van der Waals surface area contributed by atoms with E-state index in [-0.39, 0.29) is 5.91 Å². The molecule has 2 nitrogen and oxygen atoms in total. The molecule has 0 saturated heterocycles. The molecule has 0 saturated carbocycles. The Labute approximate surface area is 174 Å². The molecule has 0 bridgehead atoms. The summed E-state index contributed by atoms with van der Waals surface area (Å²) in [6, 6.07) is 20.5. The summed E-state index contributed by atoms with van der Waals surface area (Å²) in [6.45, 7) is 0. The SMILES string of the molecule is O=C1C2=C(CCCCCCCCCC2)/C(=C/c2ccccc2)N1c1ccccc1. The van der Waals surface area contributed by atoms with Gasteiger partial charge in [-0.2, -0.15) is 0 Å². The van der Waals surface area contributed by atoms with Crippen molar-refractivity contribution in [1.29, 1.82) is 0 Å². The van der Waals surface area contributed by atoms with Crippen LogP contribution in [-0.2, 0) is 4.79 Å². The molecule has 1 aliphatic carbocycles. The van der Waals surface area contributed by atoms with E-state index >= 15 is 0 Å². The first-order valence-electron chi connectivity index (χ1n) is 11.2. The van der Waals surface area contributed by atoms with Crippen LogP contribution in [0.25, 0.3) is 6.08 Å². The molecule has 150 valence electrons. The molecule has 0 atom stereocenters. The smallest absolute Gasteiger partial charge is 0.259 e. The first-order valence-corrected chi connectivity index (χ1v) is 11.2. The zero-order valence-electron chi connectivity index (χ0n) is 17.3. The first-order chi connectivity index (χ1) is 14.3. The normalized spacial score (nSPS) is 20.3. The molecule has 0 radical (unpaired) electrons. The fourth-order valence-electron chi connectivity index (χ4n) is 4.56. The molecule has 1 heterocycles. The second-order valence-corrected chi connectivity index (χ2v) is 8.20. The molecule has 1 aliphatic heterocycles. The topological polar surface area (TPSA) is 20.3 Å². The molecule has 0 aromatic heterocycles. The minimum Gasteiger partial charge on any atom is -0.277 e. The highest BCUT2D eigenvalue weighted by atomic mass is 16.2. The van der Waals surface area contributed by atoms with E-state index in [2.05, 4.69) is 30.3 Å². The number of anilines is 1. The Balaban J connectivity index is 1.76. The van der Waals surface area contributed by atoms with E-state index < -0.39 is 0 Å². The van der Waals surface area contributed by atoms with Gasteiger partial charge in [-0.05, 0) is 55.0 Å². The van der Waals surface area contributed by atoms with Crippen LogP contribution in [0.2, 0.25) is 0 Å². The Morgan fingerprint density at radius 3 is 1.76 bits per heavy atom. The van der Waals surface area contributed by atoms with Crippen LogP contribution in [0, 0.1) is 0 Å². The maximum atomic E-state index is 13.6. The molecular formula is C27H31NO. The van der Waals surface area contributed by atoms with E-state index in [9.17, 15) is 4.79 Å². The van der Waals surface area contributed by atoms with Gasteiger partial charge >= 0.3 is 0 Å². The lowest BCUT2D eigenvalue weighted by molar-refractivity contribution is -0.114. The van der Waals surface area contributed by atoms with Crippen LogP contribution in [0.3, 0.4) is 0 Å². The second kappa shape index (κ2) is 9.73. The lowest BCUT2D eigenvalue weighted by Crippen LogP contribution is -2.25. The molecule has 1 amide bonds. The quantitative estimate of drug-likeness (QED) is 0.531. The van der Waals surface area contributed by atoms with E-state index in [4.69, 9.17) is 0 Å². The van der Waals surface area contributed by atoms with E-state index in [0.29, 0.717) is 0 Å². The first kappa shape index (κ1) is 19.7. The van der Waals surface area contributed by atoms with E-state index in [1.54, 1.807) is 0 Å². The number of hydrogen-bond donors (Lipinski definition) is 0. The van der Waals surface area contributed by atoms with Crippen LogP contribution >= 0.6 is 0 Å². The summed E-state index contributed by atoms with van der Waals surface area (Å²) in [7, 11) is 0. The number of amides is 1. The Kier molecular flexibility index (Phi) is 6.61. The Morgan fingerprint density at radius 1 is 0.621 bits per heavy atom. The van der Waals surface area contributed by atoms with Crippen molar-refractivity contribution in [3.8, 4) is 0 Å². The van der Waals surface area contributed by atoms with Gasteiger partial charge in [-0.15, -0.1) is 0 Å². The lowest BCUT2D eigenvalue weighted by atomic mass is 9.95. The number of para-hydroxylation sites is 1. The zero-order chi connectivity index (χ0) is 19.9. The third-order valence-electron chi connectivity index (χ3n) is 6.10. The van der Waals surface area contributed by atoms with Gasteiger partial charge in [-0.25, -0.2) is 0 Å². The van der Waals surface area contributed by atoms with Gasteiger partial charge in [0.05, 0.1) is 5.70 Å². The molecule has 0 N–H and O–H groups in total. The highest BCUT2D eigenvalue weighted by molar-refractivity contribution is 6.14. The summed E-state index contributed by atoms with van der Waals surface area (Å²) in [4.78, 5) is 15.5. The standard InChI is InChI=1S/C27H31NO/c29-27-25-20-14-6-4-2-1-3-5-13-19-24(25)26(21-22-15-9-7-10-16-22)28(27)23-17-11-8-12-18-23/h7-12,15-18,21H,1-6,13-14,19-20H2/b26-21-. The summed E-state index contributed by atoms with van der Waals surface area (Å²) in [5.41, 5.74) is 5.53. The van der Waals surface area contributed by atoms with Crippen LogP contribution in [0.4, 0.5) is 5.69 Å². The molecule has 2 aromatic carbocycles. The van der Waals surface area contributed by atoms with Crippen LogP contribution in [0.5, 0.6) is 0 Å². The minimum absolute atomic E-state index is 0.186. The van der Waals surface area contributed by atoms with Crippen molar-refractivity contribution < 1.29 is 4.79 Å². The number of rotatable bonds is 2. The average Bonchev–Trinajstić information content (AvgIpc) is 3.00. The van der Waals surface area contributed by atoms with Gasteiger partial charge in [0.15, 0.2) is 0 Å². The number of nitrogens with zero attached hydrogens (tertiary/aromatic N) is 1. The number of allylic oxidation sites excluding steroid dienone is 1. The maximum absolute atomic E-state index is 13.6. The summed E-state index contributed by atoms with van der Waals surface area (Å²) in [5, 5.41) is 0. The van der Waals surface area contributed by atoms with Crippen molar-refractivity contribution in [2.24, 2.45) is 0 Å². The highest BCUT2D eigenvalue weighted by Gasteiger charge is 2.35.